The monoisotopic (exact) mass is 245 g/mol. The second-order valence-electron chi connectivity index (χ2n) is 3.66. The molecule has 1 rings (SSSR count). The number of pyridine rings is 1. The van der Waals surface area contributed by atoms with Crippen molar-refractivity contribution in [3.05, 3.63) is 29.6 Å². The second-order valence-corrected chi connectivity index (χ2v) is 3.66. The minimum atomic E-state index is -1.02. The Kier molecular flexibility index (Phi) is 5.46. The van der Waals surface area contributed by atoms with E-state index < -0.39 is 5.97 Å². The lowest BCUT2D eigenvalue weighted by Crippen LogP contribution is -2.00. The molecule has 18 heavy (non-hydrogen) atoms. The summed E-state index contributed by atoms with van der Waals surface area (Å²) in [5.74, 6) is 2.08. The van der Waals surface area contributed by atoms with E-state index in [0.717, 1.165) is 18.2 Å². The molecule has 0 aliphatic carbocycles. The van der Waals surface area contributed by atoms with Crippen LogP contribution in [0, 0.1) is 19.3 Å². The van der Waals surface area contributed by atoms with Gasteiger partial charge in [-0.15, -0.1) is 12.3 Å². The summed E-state index contributed by atoms with van der Waals surface area (Å²) in [6.07, 6.45) is 9.01. The highest BCUT2D eigenvalue weighted by Gasteiger charge is 2.03. The van der Waals surface area contributed by atoms with Gasteiger partial charge in [0.05, 0.1) is 6.61 Å². The summed E-state index contributed by atoms with van der Waals surface area (Å²) in [4.78, 5) is 14.7. The summed E-state index contributed by atoms with van der Waals surface area (Å²) in [7, 11) is 0. The fraction of sp³-hybridized carbons (Fsp3) is 0.286. The van der Waals surface area contributed by atoms with Crippen molar-refractivity contribution in [2.24, 2.45) is 0 Å². The number of hydrogen-bond acceptors (Lipinski definition) is 3. The lowest BCUT2D eigenvalue weighted by atomic mass is 10.2. The first-order valence-electron chi connectivity index (χ1n) is 5.58. The van der Waals surface area contributed by atoms with Crippen LogP contribution >= 0.6 is 0 Å². The minimum absolute atomic E-state index is 0.489. The molecule has 1 aromatic rings. The Balaban J connectivity index is 2.77. The molecule has 1 aromatic heterocycles. The number of terminal acetylenes is 1. The van der Waals surface area contributed by atoms with E-state index >= 15 is 0 Å². The van der Waals surface area contributed by atoms with Gasteiger partial charge in [-0.3, -0.25) is 0 Å². The van der Waals surface area contributed by atoms with E-state index in [4.69, 9.17) is 16.3 Å². The predicted octanol–water partition coefficient (Wildman–Crippen LogP) is 2.28. The molecule has 4 heteroatoms. The second kappa shape index (κ2) is 7.13. The third kappa shape index (κ3) is 4.71. The van der Waals surface area contributed by atoms with Crippen LogP contribution in [0.3, 0.4) is 0 Å². The molecule has 4 nitrogen and oxygen atoms in total. The molecule has 0 spiro atoms. The molecule has 0 aliphatic rings. The molecule has 0 atom stereocenters. The Bertz CT molecular complexity index is 486. The number of carbonyl (C=O) groups is 1. The molecule has 0 unspecified atom stereocenters. The zero-order valence-electron chi connectivity index (χ0n) is 10.2. The van der Waals surface area contributed by atoms with Crippen LogP contribution in [0.25, 0.3) is 6.08 Å². The van der Waals surface area contributed by atoms with Gasteiger partial charge in [0.15, 0.2) is 0 Å². The van der Waals surface area contributed by atoms with Gasteiger partial charge in [-0.1, -0.05) is 0 Å². The lowest BCUT2D eigenvalue weighted by Gasteiger charge is -2.08. The third-order valence-electron chi connectivity index (χ3n) is 2.13. The number of aliphatic carboxylic acids is 1. The van der Waals surface area contributed by atoms with Gasteiger partial charge in [-0.05, 0) is 31.6 Å². The van der Waals surface area contributed by atoms with Crippen molar-refractivity contribution in [1.29, 1.82) is 0 Å². The van der Waals surface area contributed by atoms with Crippen LogP contribution in [0.1, 0.15) is 24.2 Å². The van der Waals surface area contributed by atoms with Gasteiger partial charge in [0.25, 0.3) is 0 Å². The number of ether oxygens (including phenoxy) is 1. The van der Waals surface area contributed by atoms with Crippen molar-refractivity contribution in [2.75, 3.05) is 6.61 Å². The number of nitrogens with zero attached hydrogens (tertiary/aromatic N) is 1. The van der Waals surface area contributed by atoms with Gasteiger partial charge in [-0.2, -0.15) is 0 Å². The number of aryl methyl sites for hydroxylation is 1. The van der Waals surface area contributed by atoms with Crippen LogP contribution in [-0.2, 0) is 4.79 Å². The number of carboxylic acid groups (broad SMARTS) is 1. The molecule has 0 aliphatic heterocycles. The summed E-state index contributed by atoms with van der Waals surface area (Å²) < 4.78 is 5.52. The van der Waals surface area contributed by atoms with Gasteiger partial charge in [-0.25, -0.2) is 9.78 Å². The van der Waals surface area contributed by atoms with Gasteiger partial charge in [0.2, 0.25) is 0 Å². The highest BCUT2D eigenvalue weighted by molar-refractivity contribution is 5.85. The maximum Gasteiger partial charge on any atom is 0.328 e. The van der Waals surface area contributed by atoms with Crippen LogP contribution in [-0.4, -0.2) is 22.7 Å². The average Bonchev–Trinajstić information content (AvgIpc) is 2.34. The highest BCUT2D eigenvalue weighted by atomic mass is 16.5. The van der Waals surface area contributed by atoms with Crippen LogP contribution < -0.4 is 4.74 Å². The largest absolute Gasteiger partial charge is 0.491 e. The summed E-state index contributed by atoms with van der Waals surface area (Å²) in [5.41, 5.74) is 1.31. The van der Waals surface area contributed by atoms with Gasteiger partial charge in [0, 0.05) is 18.2 Å². The Hall–Kier alpha value is -2.28. The van der Waals surface area contributed by atoms with Crippen molar-refractivity contribution in [1.82, 2.24) is 4.98 Å². The van der Waals surface area contributed by atoms with E-state index in [9.17, 15) is 4.79 Å². The highest BCUT2D eigenvalue weighted by Crippen LogP contribution is 2.18. The molecule has 0 saturated heterocycles. The molecule has 0 aromatic carbocycles. The van der Waals surface area contributed by atoms with E-state index in [0.29, 0.717) is 24.5 Å². The number of aromatic nitrogens is 1. The number of unbranched alkanes of at least 4 members (excludes halogenated alkanes) is 1. The minimum Gasteiger partial charge on any atom is -0.491 e. The Labute approximate surface area is 106 Å². The number of rotatable bonds is 6. The average molecular weight is 245 g/mol. The van der Waals surface area contributed by atoms with Gasteiger partial charge < -0.3 is 9.84 Å². The molecule has 0 fully saturated rings. The van der Waals surface area contributed by atoms with Gasteiger partial charge in [0.1, 0.15) is 11.4 Å². The zero-order chi connectivity index (χ0) is 13.4. The summed E-state index contributed by atoms with van der Waals surface area (Å²) >= 11 is 0. The van der Waals surface area contributed by atoms with E-state index in [1.807, 2.05) is 13.0 Å². The van der Waals surface area contributed by atoms with Crippen molar-refractivity contribution < 1.29 is 14.6 Å². The summed E-state index contributed by atoms with van der Waals surface area (Å²) in [6, 6.07) is 3.59. The van der Waals surface area contributed by atoms with E-state index in [2.05, 4.69) is 10.9 Å². The normalized spacial score (nSPS) is 10.2. The van der Waals surface area contributed by atoms with E-state index in [-0.39, 0.29) is 0 Å². The smallest absolute Gasteiger partial charge is 0.328 e. The lowest BCUT2D eigenvalue weighted by molar-refractivity contribution is -0.131. The van der Waals surface area contributed by atoms with Crippen LogP contribution in [0.2, 0.25) is 0 Å². The quantitative estimate of drug-likeness (QED) is 0.474. The first-order chi connectivity index (χ1) is 8.63. The topological polar surface area (TPSA) is 59.4 Å². The summed E-state index contributed by atoms with van der Waals surface area (Å²) in [6.45, 7) is 2.32. The fourth-order valence-electron chi connectivity index (χ4n) is 1.31. The fourth-order valence-corrected chi connectivity index (χ4v) is 1.31. The van der Waals surface area contributed by atoms with Crippen LogP contribution in [0.4, 0.5) is 0 Å². The molecule has 0 amide bonds. The molecule has 0 radical (unpaired) electrons. The first kappa shape index (κ1) is 13.8. The standard InChI is InChI=1S/C14H15NO3/c1-3-4-5-10-18-13-8-6-11(2)15-12(13)7-9-14(16)17/h1,6-9H,4-5,10H2,2H3,(H,16,17)/b9-7+. The van der Waals surface area contributed by atoms with Crippen molar-refractivity contribution in [3.8, 4) is 18.1 Å². The molecule has 0 saturated carbocycles. The molecular weight excluding hydrogens is 230 g/mol. The molecule has 94 valence electrons. The first-order valence-corrected chi connectivity index (χ1v) is 5.58. The zero-order valence-corrected chi connectivity index (χ0v) is 10.2. The summed E-state index contributed by atoms with van der Waals surface area (Å²) in [5, 5.41) is 8.60. The Morgan fingerprint density at radius 3 is 3.06 bits per heavy atom. The molecule has 0 bridgehead atoms. The van der Waals surface area contributed by atoms with Crippen molar-refractivity contribution >= 4 is 12.0 Å². The van der Waals surface area contributed by atoms with E-state index in [1.54, 1.807) is 6.07 Å². The molecule has 1 N–H and O–H groups in total. The van der Waals surface area contributed by atoms with Crippen molar-refractivity contribution in [3.63, 3.8) is 0 Å². The van der Waals surface area contributed by atoms with Gasteiger partial charge >= 0.3 is 5.97 Å². The Morgan fingerprint density at radius 2 is 2.39 bits per heavy atom. The van der Waals surface area contributed by atoms with Crippen LogP contribution in [0.15, 0.2) is 18.2 Å². The number of hydrogen-bond donors (Lipinski definition) is 1. The maximum absolute atomic E-state index is 10.5. The SMILES string of the molecule is C#CCCCOc1ccc(C)nc1/C=C/C(=O)O. The number of carboxylic acids is 1. The maximum atomic E-state index is 10.5. The molecule has 1 heterocycles. The van der Waals surface area contributed by atoms with Crippen molar-refractivity contribution in [2.45, 2.75) is 19.8 Å². The Morgan fingerprint density at radius 1 is 1.61 bits per heavy atom. The van der Waals surface area contributed by atoms with Crippen LogP contribution in [0.5, 0.6) is 5.75 Å². The molecular formula is C14H15NO3. The predicted molar refractivity (Wildman–Crippen MR) is 69.2 cm³/mol. The third-order valence-corrected chi connectivity index (χ3v) is 2.13. The van der Waals surface area contributed by atoms with E-state index in [1.165, 1.54) is 6.08 Å².